The van der Waals surface area contributed by atoms with E-state index in [2.05, 4.69) is 6.58 Å². The number of halogens is 1. The second-order valence-electron chi connectivity index (χ2n) is 3.19. The standard InChI is InChI=1S/C12H17NO2.BrH/c1-3-4-5-8-15-11-7-6-10(13)9-12(11)14-2;/h3,6-7,9H,1,4-5,8,13H2,2H3;1H. The van der Waals surface area contributed by atoms with E-state index in [1.807, 2.05) is 12.1 Å². The molecule has 0 aliphatic carbocycles. The molecule has 1 aromatic carbocycles. The smallest absolute Gasteiger partial charge is 0.162 e. The molecule has 0 spiro atoms. The minimum Gasteiger partial charge on any atom is -0.493 e. The van der Waals surface area contributed by atoms with Gasteiger partial charge in [0, 0.05) is 11.8 Å². The molecule has 0 radical (unpaired) electrons. The van der Waals surface area contributed by atoms with Crippen LogP contribution >= 0.6 is 17.0 Å². The number of nitrogen functional groups attached to an aromatic ring is 1. The minimum absolute atomic E-state index is 0. The summed E-state index contributed by atoms with van der Waals surface area (Å²) in [7, 11) is 1.60. The Balaban J connectivity index is 0.00000225. The monoisotopic (exact) mass is 287 g/mol. The van der Waals surface area contributed by atoms with Crippen molar-refractivity contribution in [1.29, 1.82) is 0 Å². The van der Waals surface area contributed by atoms with E-state index in [0.717, 1.165) is 18.6 Å². The van der Waals surface area contributed by atoms with Crippen molar-refractivity contribution in [3.05, 3.63) is 30.9 Å². The first-order valence-electron chi connectivity index (χ1n) is 4.95. The van der Waals surface area contributed by atoms with E-state index in [1.54, 1.807) is 19.2 Å². The van der Waals surface area contributed by atoms with Crippen LogP contribution in [0.3, 0.4) is 0 Å². The fourth-order valence-electron chi connectivity index (χ4n) is 1.21. The number of benzene rings is 1. The van der Waals surface area contributed by atoms with E-state index in [9.17, 15) is 0 Å². The molecule has 2 N–H and O–H groups in total. The summed E-state index contributed by atoms with van der Waals surface area (Å²) in [6.45, 7) is 4.31. The highest BCUT2D eigenvalue weighted by Gasteiger charge is 2.03. The quantitative estimate of drug-likeness (QED) is 0.496. The van der Waals surface area contributed by atoms with Crippen molar-refractivity contribution in [3.63, 3.8) is 0 Å². The van der Waals surface area contributed by atoms with Crippen LogP contribution in [0.5, 0.6) is 11.5 Å². The summed E-state index contributed by atoms with van der Waals surface area (Å²) >= 11 is 0. The molecular weight excluding hydrogens is 270 g/mol. The molecule has 0 amide bonds. The maximum Gasteiger partial charge on any atom is 0.162 e. The second-order valence-corrected chi connectivity index (χ2v) is 3.19. The van der Waals surface area contributed by atoms with E-state index in [0.29, 0.717) is 18.0 Å². The Labute approximate surface area is 107 Å². The van der Waals surface area contributed by atoms with Crippen LogP contribution in [0.15, 0.2) is 30.9 Å². The number of nitrogens with two attached hydrogens (primary N) is 1. The first-order chi connectivity index (χ1) is 7.27. The molecule has 0 unspecified atom stereocenters. The topological polar surface area (TPSA) is 44.5 Å². The van der Waals surface area contributed by atoms with Crippen LogP contribution in [0, 0.1) is 0 Å². The molecule has 0 aliphatic heterocycles. The van der Waals surface area contributed by atoms with Crippen LogP contribution in [-0.4, -0.2) is 13.7 Å². The van der Waals surface area contributed by atoms with E-state index < -0.39 is 0 Å². The zero-order valence-corrected chi connectivity index (χ0v) is 11.2. The normalized spacial score (nSPS) is 9.06. The van der Waals surface area contributed by atoms with Crippen molar-refractivity contribution < 1.29 is 9.47 Å². The van der Waals surface area contributed by atoms with Crippen molar-refractivity contribution in [3.8, 4) is 11.5 Å². The molecule has 4 heteroatoms. The lowest BCUT2D eigenvalue weighted by molar-refractivity contribution is 0.290. The van der Waals surface area contributed by atoms with E-state index >= 15 is 0 Å². The molecule has 0 bridgehead atoms. The zero-order valence-electron chi connectivity index (χ0n) is 9.44. The Kier molecular flexibility index (Phi) is 7.46. The van der Waals surface area contributed by atoms with Crippen molar-refractivity contribution in [1.82, 2.24) is 0 Å². The molecular formula is C12H18BrNO2. The average molecular weight is 288 g/mol. The van der Waals surface area contributed by atoms with Gasteiger partial charge in [-0.1, -0.05) is 6.08 Å². The first-order valence-corrected chi connectivity index (χ1v) is 4.95. The van der Waals surface area contributed by atoms with Gasteiger partial charge < -0.3 is 15.2 Å². The predicted octanol–water partition coefficient (Wildman–Crippen LogP) is 3.20. The van der Waals surface area contributed by atoms with Crippen molar-refractivity contribution in [2.45, 2.75) is 12.8 Å². The number of ether oxygens (including phenoxy) is 2. The third kappa shape index (κ3) is 4.57. The first kappa shape index (κ1) is 14.8. The van der Waals surface area contributed by atoms with Gasteiger partial charge in [-0.2, -0.15) is 0 Å². The summed E-state index contributed by atoms with van der Waals surface area (Å²) in [6.07, 6.45) is 3.79. The van der Waals surface area contributed by atoms with Crippen LogP contribution in [0.4, 0.5) is 5.69 Å². The lowest BCUT2D eigenvalue weighted by atomic mass is 10.3. The highest BCUT2D eigenvalue weighted by atomic mass is 79.9. The molecule has 16 heavy (non-hydrogen) atoms. The minimum atomic E-state index is 0. The van der Waals surface area contributed by atoms with Crippen LogP contribution in [0.2, 0.25) is 0 Å². The van der Waals surface area contributed by atoms with Gasteiger partial charge in [0.15, 0.2) is 11.5 Å². The summed E-state index contributed by atoms with van der Waals surface area (Å²) in [5.74, 6) is 1.41. The van der Waals surface area contributed by atoms with Crippen LogP contribution in [0.25, 0.3) is 0 Å². The molecule has 0 saturated heterocycles. The van der Waals surface area contributed by atoms with E-state index in [-0.39, 0.29) is 17.0 Å². The molecule has 1 rings (SSSR count). The lowest BCUT2D eigenvalue weighted by Gasteiger charge is -2.10. The molecule has 3 nitrogen and oxygen atoms in total. The fraction of sp³-hybridized carbons (Fsp3) is 0.333. The van der Waals surface area contributed by atoms with Gasteiger partial charge in [-0.3, -0.25) is 0 Å². The van der Waals surface area contributed by atoms with Crippen molar-refractivity contribution in [2.24, 2.45) is 0 Å². The summed E-state index contributed by atoms with van der Waals surface area (Å²) < 4.78 is 10.7. The van der Waals surface area contributed by atoms with Gasteiger partial charge in [0.05, 0.1) is 13.7 Å². The highest BCUT2D eigenvalue weighted by Crippen LogP contribution is 2.28. The molecule has 0 saturated carbocycles. The molecule has 0 fully saturated rings. The maximum absolute atomic E-state index is 5.63. The zero-order chi connectivity index (χ0) is 11.1. The lowest BCUT2D eigenvalue weighted by Crippen LogP contribution is -1.99. The molecule has 0 heterocycles. The molecule has 1 aromatic rings. The molecule has 0 aromatic heterocycles. The average Bonchev–Trinajstić information content (AvgIpc) is 2.26. The Morgan fingerprint density at radius 2 is 2.12 bits per heavy atom. The summed E-state index contributed by atoms with van der Waals surface area (Å²) in [5, 5.41) is 0. The van der Waals surface area contributed by atoms with Gasteiger partial charge in [0.2, 0.25) is 0 Å². The number of methoxy groups -OCH3 is 1. The Morgan fingerprint density at radius 3 is 2.75 bits per heavy atom. The Bertz CT molecular complexity index is 329. The predicted molar refractivity (Wildman–Crippen MR) is 72.7 cm³/mol. The molecule has 0 aliphatic rings. The number of hydrogen-bond donors (Lipinski definition) is 1. The fourth-order valence-corrected chi connectivity index (χ4v) is 1.21. The number of allylic oxidation sites excluding steroid dienone is 1. The number of hydrogen-bond acceptors (Lipinski definition) is 3. The number of anilines is 1. The summed E-state index contributed by atoms with van der Waals surface area (Å²) in [5.41, 5.74) is 6.30. The largest absolute Gasteiger partial charge is 0.493 e. The number of unbranched alkanes of at least 4 members (excludes halogenated alkanes) is 1. The Morgan fingerprint density at radius 1 is 1.38 bits per heavy atom. The summed E-state index contributed by atoms with van der Waals surface area (Å²) in [6, 6.07) is 5.37. The summed E-state index contributed by atoms with van der Waals surface area (Å²) in [4.78, 5) is 0. The molecule has 0 atom stereocenters. The van der Waals surface area contributed by atoms with Gasteiger partial charge in [0.1, 0.15) is 0 Å². The van der Waals surface area contributed by atoms with Gasteiger partial charge in [-0.25, -0.2) is 0 Å². The van der Waals surface area contributed by atoms with E-state index in [4.69, 9.17) is 15.2 Å². The van der Waals surface area contributed by atoms with Crippen LogP contribution in [0.1, 0.15) is 12.8 Å². The Hall–Kier alpha value is -1.16. The molecule has 90 valence electrons. The van der Waals surface area contributed by atoms with Crippen molar-refractivity contribution in [2.75, 3.05) is 19.5 Å². The van der Waals surface area contributed by atoms with Gasteiger partial charge in [-0.05, 0) is 25.0 Å². The second kappa shape index (κ2) is 8.05. The third-order valence-electron chi connectivity index (χ3n) is 2.00. The maximum atomic E-state index is 5.63. The SMILES string of the molecule is Br.C=CCCCOc1ccc(N)cc1OC. The third-order valence-corrected chi connectivity index (χ3v) is 2.00. The van der Waals surface area contributed by atoms with Gasteiger partial charge >= 0.3 is 0 Å². The van der Waals surface area contributed by atoms with Crippen LogP contribution in [-0.2, 0) is 0 Å². The van der Waals surface area contributed by atoms with Gasteiger partial charge in [-0.15, -0.1) is 23.6 Å². The van der Waals surface area contributed by atoms with Gasteiger partial charge in [0.25, 0.3) is 0 Å². The number of rotatable bonds is 6. The van der Waals surface area contributed by atoms with E-state index in [1.165, 1.54) is 0 Å². The highest BCUT2D eigenvalue weighted by molar-refractivity contribution is 8.93. The van der Waals surface area contributed by atoms with Crippen LogP contribution < -0.4 is 15.2 Å². The van der Waals surface area contributed by atoms with Crippen molar-refractivity contribution >= 4 is 22.7 Å².